The van der Waals surface area contributed by atoms with Crippen LogP contribution in [0.1, 0.15) is 28.9 Å². The lowest BCUT2D eigenvalue weighted by Gasteiger charge is -2.14. The van der Waals surface area contributed by atoms with Gasteiger partial charge in [0.2, 0.25) is 0 Å². The van der Waals surface area contributed by atoms with E-state index in [0.29, 0.717) is 0 Å². The number of amides is 1. The van der Waals surface area contributed by atoms with E-state index in [1.54, 1.807) is 18.5 Å². The SMILES string of the molecule is CC(NC(=O)c1cc(Cl)nnc1Cl)c1cccnc1. The van der Waals surface area contributed by atoms with Crippen LogP contribution in [0, 0.1) is 0 Å². The second-order valence-corrected chi connectivity index (χ2v) is 4.60. The fraction of sp³-hybridized carbons (Fsp3) is 0.167. The molecule has 5 nitrogen and oxygen atoms in total. The fourth-order valence-corrected chi connectivity index (χ4v) is 1.83. The Hall–Kier alpha value is -1.72. The molecule has 1 atom stereocenters. The van der Waals surface area contributed by atoms with Gasteiger partial charge in [0.25, 0.3) is 5.91 Å². The molecule has 0 aliphatic carbocycles. The molecule has 1 unspecified atom stereocenters. The molecule has 0 aliphatic heterocycles. The summed E-state index contributed by atoms with van der Waals surface area (Å²) in [7, 11) is 0. The van der Waals surface area contributed by atoms with E-state index >= 15 is 0 Å². The summed E-state index contributed by atoms with van der Waals surface area (Å²) < 4.78 is 0. The normalized spacial score (nSPS) is 11.9. The highest BCUT2D eigenvalue weighted by molar-refractivity contribution is 6.34. The zero-order valence-corrected chi connectivity index (χ0v) is 11.5. The number of hydrogen-bond acceptors (Lipinski definition) is 4. The van der Waals surface area contributed by atoms with Gasteiger partial charge < -0.3 is 5.32 Å². The highest BCUT2D eigenvalue weighted by Crippen LogP contribution is 2.17. The first-order valence-corrected chi connectivity index (χ1v) is 6.23. The third-order valence-electron chi connectivity index (χ3n) is 2.50. The van der Waals surface area contributed by atoms with Crippen LogP contribution < -0.4 is 5.32 Å². The van der Waals surface area contributed by atoms with Crippen molar-refractivity contribution in [3.05, 3.63) is 52.0 Å². The van der Waals surface area contributed by atoms with Crippen LogP contribution in [0.25, 0.3) is 0 Å². The van der Waals surface area contributed by atoms with Crippen molar-refractivity contribution in [2.45, 2.75) is 13.0 Å². The van der Waals surface area contributed by atoms with Crippen molar-refractivity contribution in [2.75, 3.05) is 0 Å². The van der Waals surface area contributed by atoms with E-state index in [2.05, 4.69) is 20.5 Å². The standard InChI is InChI=1S/C12H10Cl2N4O/c1-7(8-3-2-4-15-6-8)16-12(19)9-5-10(13)17-18-11(9)14/h2-7H,1H3,(H,16,19). The van der Waals surface area contributed by atoms with Gasteiger partial charge in [-0.05, 0) is 24.6 Å². The van der Waals surface area contributed by atoms with Gasteiger partial charge in [-0.1, -0.05) is 29.3 Å². The average Bonchev–Trinajstić information content (AvgIpc) is 2.42. The third-order valence-corrected chi connectivity index (χ3v) is 2.96. The Morgan fingerprint density at radius 1 is 1.37 bits per heavy atom. The summed E-state index contributed by atoms with van der Waals surface area (Å²) in [6.45, 7) is 1.85. The number of carbonyl (C=O) groups is 1. The molecule has 0 fully saturated rings. The third kappa shape index (κ3) is 3.39. The maximum Gasteiger partial charge on any atom is 0.255 e. The molecular formula is C12H10Cl2N4O. The Balaban J connectivity index is 2.15. The van der Waals surface area contributed by atoms with Gasteiger partial charge in [-0.3, -0.25) is 9.78 Å². The largest absolute Gasteiger partial charge is 0.345 e. The number of nitrogens with one attached hydrogen (secondary N) is 1. The number of halogens is 2. The van der Waals surface area contributed by atoms with E-state index in [9.17, 15) is 4.79 Å². The van der Waals surface area contributed by atoms with Crippen LogP contribution in [0.5, 0.6) is 0 Å². The van der Waals surface area contributed by atoms with Crippen molar-refractivity contribution in [3.8, 4) is 0 Å². The van der Waals surface area contributed by atoms with Crippen molar-refractivity contribution in [2.24, 2.45) is 0 Å². The Labute approximate surface area is 120 Å². The molecule has 0 saturated carbocycles. The summed E-state index contributed by atoms with van der Waals surface area (Å²) in [6, 6.07) is 4.85. The molecule has 2 aromatic heterocycles. The van der Waals surface area contributed by atoms with Gasteiger partial charge in [-0.2, -0.15) is 0 Å². The van der Waals surface area contributed by atoms with Gasteiger partial charge >= 0.3 is 0 Å². The Kier molecular flexibility index (Phi) is 4.29. The number of rotatable bonds is 3. The van der Waals surface area contributed by atoms with Crippen LogP contribution in [0.3, 0.4) is 0 Å². The molecule has 19 heavy (non-hydrogen) atoms. The monoisotopic (exact) mass is 296 g/mol. The molecule has 1 amide bonds. The minimum absolute atomic E-state index is 0.0142. The lowest BCUT2D eigenvalue weighted by molar-refractivity contribution is 0.0939. The van der Waals surface area contributed by atoms with E-state index < -0.39 is 0 Å². The van der Waals surface area contributed by atoms with Crippen molar-refractivity contribution in [3.63, 3.8) is 0 Å². The maximum absolute atomic E-state index is 12.1. The quantitative estimate of drug-likeness (QED) is 0.945. The molecule has 2 aromatic rings. The lowest BCUT2D eigenvalue weighted by atomic mass is 10.1. The van der Waals surface area contributed by atoms with E-state index in [0.717, 1.165) is 5.56 Å². The molecule has 0 spiro atoms. The van der Waals surface area contributed by atoms with Gasteiger partial charge in [-0.25, -0.2) is 0 Å². The summed E-state index contributed by atoms with van der Waals surface area (Å²) in [5, 5.41) is 10.1. The molecule has 0 bridgehead atoms. The Morgan fingerprint density at radius 3 is 2.84 bits per heavy atom. The first kappa shape index (κ1) is 13.7. The van der Waals surface area contributed by atoms with Crippen LogP contribution in [0.15, 0.2) is 30.6 Å². The molecule has 1 N–H and O–H groups in total. The predicted molar refractivity (Wildman–Crippen MR) is 72.2 cm³/mol. The second kappa shape index (κ2) is 5.95. The van der Waals surface area contributed by atoms with Crippen LogP contribution in [0.2, 0.25) is 10.3 Å². The Bertz CT molecular complexity index is 592. The van der Waals surface area contributed by atoms with E-state index in [4.69, 9.17) is 23.2 Å². The topological polar surface area (TPSA) is 67.8 Å². The molecule has 0 radical (unpaired) electrons. The van der Waals surface area contributed by atoms with Crippen LogP contribution >= 0.6 is 23.2 Å². The molecule has 7 heteroatoms. The molecular weight excluding hydrogens is 287 g/mol. The number of nitrogens with zero attached hydrogens (tertiary/aromatic N) is 3. The predicted octanol–water partition coefficient (Wildman–Crippen LogP) is 2.67. The number of hydrogen-bond donors (Lipinski definition) is 1. The maximum atomic E-state index is 12.1. The second-order valence-electron chi connectivity index (χ2n) is 3.85. The van der Waals surface area contributed by atoms with E-state index in [1.807, 2.05) is 13.0 Å². The minimum Gasteiger partial charge on any atom is -0.345 e. The van der Waals surface area contributed by atoms with Crippen LogP contribution in [-0.4, -0.2) is 21.1 Å². The average molecular weight is 297 g/mol. The summed E-state index contributed by atoms with van der Waals surface area (Å²) in [5.74, 6) is -0.363. The van der Waals surface area contributed by atoms with Gasteiger partial charge in [0.1, 0.15) is 0 Å². The minimum atomic E-state index is -0.363. The van der Waals surface area contributed by atoms with E-state index in [-0.39, 0.29) is 27.8 Å². The van der Waals surface area contributed by atoms with Crippen molar-refractivity contribution < 1.29 is 4.79 Å². The summed E-state index contributed by atoms with van der Waals surface area (Å²) >= 11 is 11.5. The summed E-state index contributed by atoms with van der Waals surface area (Å²) in [4.78, 5) is 16.1. The smallest absolute Gasteiger partial charge is 0.255 e. The molecule has 98 valence electrons. The van der Waals surface area contributed by atoms with Crippen molar-refractivity contribution in [1.29, 1.82) is 0 Å². The van der Waals surface area contributed by atoms with Gasteiger partial charge in [0, 0.05) is 12.4 Å². The van der Waals surface area contributed by atoms with Gasteiger partial charge in [-0.15, -0.1) is 10.2 Å². The first-order valence-electron chi connectivity index (χ1n) is 5.47. The summed E-state index contributed by atoms with van der Waals surface area (Å²) in [6.07, 6.45) is 3.35. The van der Waals surface area contributed by atoms with Crippen molar-refractivity contribution in [1.82, 2.24) is 20.5 Å². The number of aromatic nitrogens is 3. The number of carbonyl (C=O) groups excluding carboxylic acids is 1. The zero-order chi connectivity index (χ0) is 13.8. The fourth-order valence-electron chi connectivity index (χ4n) is 1.50. The highest BCUT2D eigenvalue weighted by atomic mass is 35.5. The first-order chi connectivity index (χ1) is 9.08. The Morgan fingerprint density at radius 2 is 2.16 bits per heavy atom. The van der Waals surface area contributed by atoms with Crippen LogP contribution in [0.4, 0.5) is 0 Å². The molecule has 2 rings (SSSR count). The molecule has 2 heterocycles. The van der Waals surface area contributed by atoms with Crippen molar-refractivity contribution >= 4 is 29.1 Å². The van der Waals surface area contributed by atoms with E-state index in [1.165, 1.54) is 6.07 Å². The molecule has 0 saturated heterocycles. The number of pyridine rings is 1. The molecule has 0 aromatic carbocycles. The van der Waals surface area contributed by atoms with Gasteiger partial charge in [0.15, 0.2) is 10.3 Å². The van der Waals surface area contributed by atoms with Crippen LogP contribution in [-0.2, 0) is 0 Å². The van der Waals surface area contributed by atoms with Gasteiger partial charge in [0.05, 0.1) is 11.6 Å². The summed E-state index contributed by atoms with van der Waals surface area (Å²) in [5.41, 5.74) is 1.08. The highest BCUT2D eigenvalue weighted by Gasteiger charge is 2.16. The zero-order valence-electron chi connectivity index (χ0n) is 9.97. The lowest BCUT2D eigenvalue weighted by Crippen LogP contribution is -2.27. The molecule has 0 aliphatic rings.